The van der Waals surface area contributed by atoms with Gasteiger partial charge in [-0.2, -0.15) is 0 Å². The van der Waals surface area contributed by atoms with Crippen LogP contribution in [0.2, 0.25) is 0 Å². The molecule has 0 saturated heterocycles. The fraction of sp³-hybridized carbons (Fsp3) is 0.176. The number of ether oxygens (including phenoxy) is 1. The van der Waals surface area contributed by atoms with E-state index in [4.69, 9.17) is 4.74 Å². The molecule has 0 amide bonds. The van der Waals surface area contributed by atoms with Gasteiger partial charge in [0.25, 0.3) is 0 Å². The first-order valence-corrected chi connectivity index (χ1v) is 6.83. The number of benzene rings is 2. The molecule has 1 aliphatic heterocycles. The minimum Gasteiger partial charge on any atom is -0.497 e. The zero-order valence-electron chi connectivity index (χ0n) is 11.7. The molecule has 21 heavy (non-hydrogen) atoms. The van der Waals surface area contributed by atoms with Crippen LogP contribution in [0.3, 0.4) is 0 Å². The summed E-state index contributed by atoms with van der Waals surface area (Å²) in [6.07, 6.45) is 0. The summed E-state index contributed by atoms with van der Waals surface area (Å²) in [6, 6.07) is 16.6. The summed E-state index contributed by atoms with van der Waals surface area (Å²) in [6.45, 7) is 0.528. The van der Waals surface area contributed by atoms with Crippen LogP contribution < -0.4 is 10.1 Å². The summed E-state index contributed by atoms with van der Waals surface area (Å²) in [4.78, 5) is 17.0. The average Bonchev–Trinajstić information content (AvgIpc) is 3.05. The van der Waals surface area contributed by atoms with Crippen molar-refractivity contribution in [2.45, 2.75) is 6.04 Å². The van der Waals surface area contributed by atoms with Gasteiger partial charge in [0.05, 0.1) is 7.11 Å². The van der Waals surface area contributed by atoms with Crippen molar-refractivity contribution in [3.05, 3.63) is 65.7 Å². The van der Waals surface area contributed by atoms with Crippen LogP contribution >= 0.6 is 0 Å². The van der Waals surface area contributed by atoms with Gasteiger partial charge >= 0.3 is 0 Å². The molecule has 0 radical (unpaired) electrons. The SMILES string of the molecule is COc1cccc(C(=O)C2CNC(c3ccccc3)=N2)c1. The second kappa shape index (κ2) is 5.79. The lowest BCUT2D eigenvalue weighted by molar-refractivity contribution is 0.0966. The Kier molecular flexibility index (Phi) is 3.69. The Labute approximate surface area is 123 Å². The number of aliphatic imine (C=N–C) groups is 1. The molecule has 1 unspecified atom stereocenters. The molecule has 0 fully saturated rings. The van der Waals surface area contributed by atoms with Crippen LogP contribution in [0.15, 0.2) is 59.6 Å². The third-order valence-electron chi connectivity index (χ3n) is 3.45. The minimum absolute atomic E-state index is 0.00679. The Hall–Kier alpha value is -2.62. The number of methoxy groups -OCH3 is 1. The van der Waals surface area contributed by atoms with E-state index < -0.39 is 0 Å². The topological polar surface area (TPSA) is 50.7 Å². The Balaban J connectivity index is 1.82. The van der Waals surface area contributed by atoms with E-state index in [1.807, 2.05) is 42.5 Å². The quantitative estimate of drug-likeness (QED) is 0.874. The van der Waals surface area contributed by atoms with Crippen molar-refractivity contribution in [2.24, 2.45) is 4.99 Å². The predicted octanol–water partition coefficient (Wildman–Crippen LogP) is 2.30. The molecule has 2 aromatic rings. The van der Waals surface area contributed by atoms with Crippen molar-refractivity contribution in [2.75, 3.05) is 13.7 Å². The van der Waals surface area contributed by atoms with Crippen molar-refractivity contribution >= 4 is 11.6 Å². The summed E-state index contributed by atoms with van der Waals surface area (Å²) < 4.78 is 5.15. The Morgan fingerprint density at radius 1 is 1.19 bits per heavy atom. The standard InChI is InChI=1S/C17H16N2O2/c1-21-14-9-5-8-13(10-14)16(20)15-11-18-17(19-15)12-6-3-2-4-7-12/h2-10,15H,11H2,1H3,(H,18,19). The monoisotopic (exact) mass is 280 g/mol. The minimum atomic E-state index is -0.382. The van der Waals surface area contributed by atoms with Gasteiger partial charge in [-0.05, 0) is 12.1 Å². The first kappa shape index (κ1) is 13.4. The van der Waals surface area contributed by atoms with Gasteiger partial charge in [0.15, 0.2) is 5.78 Å². The van der Waals surface area contributed by atoms with E-state index in [1.165, 1.54) is 0 Å². The maximum Gasteiger partial charge on any atom is 0.189 e. The fourth-order valence-electron chi connectivity index (χ4n) is 2.33. The number of hydrogen-bond acceptors (Lipinski definition) is 4. The van der Waals surface area contributed by atoms with Crippen LogP contribution in [0.25, 0.3) is 0 Å². The molecule has 1 heterocycles. The van der Waals surface area contributed by atoms with E-state index in [2.05, 4.69) is 10.3 Å². The second-order valence-corrected chi connectivity index (χ2v) is 4.84. The molecule has 0 aromatic heterocycles. The van der Waals surface area contributed by atoms with Crippen molar-refractivity contribution in [1.29, 1.82) is 0 Å². The Morgan fingerprint density at radius 3 is 2.76 bits per heavy atom. The summed E-state index contributed by atoms with van der Waals surface area (Å²) in [5.41, 5.74) is 1.62. The molecule has 1 atom stereocenters. The normalized spacial score (nSPS) is 17.0. The molecule has 1 N–H and O–H groups in total. The van der Waals surface area contributed by atoms with Crippen molar-refractivity contribution in [1.82, 2.24) is 5.32 Å². The number of hydrogen-bond donors (Lipinski definition) is 1. The van der Waals surface area contributed by atoms with Crippen LogP contribution in [0.4, 0.5) is 0 Å². The van der Waals surface area contributed by atoms with E-state index in [9.17, 15) is 4.79 Å². The molecular formula is C17H16N2O2. The summed E-state index contributed by atoms with van der Waals surface area (Å²) in [5, 5.41) is 3.20. The number of ketones is 1. The highest BCUT2D eigenvalue weighted by Gasteiger charge is 2.25. The van der Waals surface area contributed by atoms with Crippen LogP contribution in [0.1, 0.15) is 15.9 Å². The van der Waals surface area contributed by atoms with E-state index in [0.29, 0.717) is 17.9 Å². The molecule has 0 spiro atoms. The largest absolute Gasteiger partial charge is 0.497 e. The highest BCUT2D eigenvalue weighted by Crippen LogP contribution is 2.17. The number of carbonyl (C=O) groups is 1. The third-order valence-corrected chi connectivity index (χ3v) is 3.45. The number of Topliss-reactive ketones (excluding diaryl/α,β-unsaturated/α-hetero) is 1. The van der Waals surface area contributed by atoms with Crippen molar-refractivity contribution in [3.63, 3.8) is 0 Å². The first-order valence-electron chi connectivity index (χ1n) is 6.83. The van der Waals surface area contributed by atoms with Gasteiger partial charge < -0.3 is 10.1 Å². The summed E-state index contributed by atoms with van der Waals surface area (Å²) >= 11 is 0. The molecule has 4 nitrogen and oxygen atoms in total. The van der Waals surface area contributed by atoms with Gasteiger partial charge in [-0.25, -0.2) is 0 Å². The smallest absolute Gasteiger partial charge is 0.189 e. The predicted molar refractivity (Wildman–Crippen MR) is 82.1 cm³/mol. The molecule has 3 rings (SSSR count). The Morgan fingerprint density at radius 2 is 2.00 bits per heavy atom. The highest BCUT2D eigenvalue weighted by atomic mass is 16.5. The molecule has 1 aliphatic rings. The van der Waals surface area contributed by atoms with Crippen LogP contribution in [0, 0.1) is 0 Å². The highest BCUT2D eigenvalue weighted by molar-refractivity contribution is 6.07. The Bertz CT molecular complexity index is 680. The molecule has 4 heteroatoms. The molecule has 0 saturated carbocycles. The van der Waals surface area contributed by atoms with E-state index >= 15 is 0 Å². The average molecular weight is 280 g/mol. The lowest BCUT2D eigenvalue weighted by Crippen LogP contribution is -2.26. The zero-order valence-corrected chi connectivity index (χ0v) is 11.7. The lowest BCUT2D eigenvalue weighted by atomic mass is 10.0. The molecule has 0 bridgehead atoms. The third kappa shape index (κ3) is 2.79. The molecule has 106 valence electrons. The summed E-state index contributed by atoms with van der Waals surface area (Å²) in [7, 11) is 1.59. The number of nitrogens with one attached hydrogen (secondary N) is 1. The van der Waals surface area contributed by atoms with Gasteiger partial charge in [0.1, 0.15) is 17.6 Å². The van der Waals surface area contributed by atoms with E-state index in [0.717, 1.165) is 11.4 Å². The lowest BCUT2D eigenvalue weighted by Gasteiger charge is -2.06. The van der Waals surface area contributed by atoms with E-state index in [1.54, 1.807) is 19.2 Å². The van der Waals surface area contributed by atoms with Gasteiger partial charge in [0.2, 0.25) is 0 Å². The number of carbonyl (C=O) groups excluding carboxylic acids is 1. The van der Waals surface area contributed by atoms with E-state index in [-0.39, 0.29) is 11.8 Å². The number of amidine groups is 1. The zero-order chi connectivity index (χ0) is 14.7. The van der Waals surface area contributed by atoms with Crippen LogP contribution in [0.5, 0.6) is 5.75 Å². The van der Waals surface area contributed by atoms with Gasteiger partial charge in [0, 0.05) is 17.7 Å². The maximum absolute atomic E-state index is 12.5. The van der Waals surface area contributed by atoms with Gasteiger partial charge in [-0.1, -0.05) is 42.5 Å². The first-order chi connectivity index (χ1) is 10.3. The van der Waals surface area contributed by atoms with Crippen molar-refractivity contribution in [3.8, 4) is 5.75 Å². The van der Waals surface area contributed by atoms with Crippen molar-refractivity contribution < 1.29 is 9.53 Å². The summed E-state index contributed by atoms with van der Waals surface area (Å²) in [5.74, 6) is 1.46. The van der Waals surface area contributed by atoms with Crippen LogP contribution in [-0.2, 0) is 0 Å². The number of nitrogens with zero attached hydrogens (tertiary/aromatic N) is 1. The molecule has 0 aliphatic carbocycles. The maximum atomic E-state index is 12.5. The number of rotatable bonds is 4. The fourth-order valence-corrected chi connectivity index (χ4v) is 2.33. The second-order valence-electron chi connectivity index (χ2n) is 4.84. The van der Waals surface area contributed by atoms with Crippen LogP contribution in [-0.4, -0.2) is 31.3 Å². The molecular weight excluding hydrogens is 264 g/mol. The van der Waals surface area contributed by atoms with Gasteiger partial charge in [-0.15, -0.1) is 0 Å². The molecule has 2 aromatic carbocycles. The van der Waals surface area contributed by atoms with Gasteiger partial charge in [-0.3, -0.25) is 9.79 Å².